The third-order valence-corrected chi connectivity index (χ3v) is 6.11. The van der Waals surface area contributed by atoms with Crippen LogP contribution < -0.4 is 4.74 Å². The Morgan fingerprint density at radius 3 is 2.69 bits per heavy atom. The topological polar surface area (TPSA) is 84.7 Å². The van der Waals surface area contributed by atoms with Crippen molar-refractivity contribution in [3.05, 3.63) is 102 Å². The minimum Gasteiger partial charge on any atom is -0.503 e. The fraction of sp³-hybridized carbons (Fsp3) is 0.276. The zero-order valence-corrected chi connectivity index (χ0v) is 20.4. The first-order valence-electron chi connectivity index (χ1n) is 12.3. The number of aromatic nitrogens is 2. The Bertz CT molecular complexity index is 1230. The van der Waals surface area contributed by atoms with E-state index in [1.54, 1.807) is 23.5 Å². The van der Waals surface area contributed by atoms with Crippen molar-refractivity contribution in [1.82, 2.24) is 14.5 Å². The molecule has 1 unspecified atom stereocenters. The fourth-order valence-corrected chi connectivity index (χ4v) is 4.26. The van der Waals surface area contributed by atoms with Crippen molar-refractivity contribution in [2.45, 2.75) is 38.8 Å². The van der Waals surface area contributed by atoms with E-state index in [0.717, 1.165) is 24.0 Å². The second-order valence-corrected chi connectivity index (χ2v) is 8.70. The van der Waals surface area contributed by atoms with Gasteiger partial charge in [0.15, 0.2) is 11.5 Å². The average Bonchev–Trinajstić information content (AvgIpc) is 3.50. The number of rotatable bonds is 12. The molecule has 2 aromatic carbocycles. The first-order chi connectivity index (χ1) is 17.6. The lowest BCUT2D eigenvalue weighted by Gasteiger charge is -2.27. The van der Waals surface area contributed by atoms with E-state index in [-0.39, 0.29) is 5.57 Å². The summed E-state index contributed by atoms with van der Waals surface area (Å²) in [6.07, 6.45) is 11.0. The molecule has 1 aliphatic heterocycles. The Morgan fingerprint density at radius 1 is 1.11 bits per heavy atom. The Labute approximate surface area is 211 Å². The molecular formula is C29H31N3O4. The van der Waals surface area contributed by atoms with Crippen molar-refractivity contribution in [1.29, 1.82) is 0 Å². The maximum atomic E-state index is 13.3. The number of amides is 1. The molecule has 36 heavy (non-hydrogen) atoms. The summed E-state index contributed by atoms with van der Waals surface area (Å²) in [4.78, 5) is 32.1. The van der Waals surface area contributed by atoms with Gasteiger partial charge >= 0.3 is 0 Å². The van der Waals surface area contributed by atoms with Crippen LogP contribution >= 0.6 is 0 Å². The Morgan fingerprint density at radius 2 is 1.94 bits per heavy atom. The Kier molecular flexibility index (Phi) is 8.34. The summed E-state index contributed by atoms with van der Waals surface area (Å²) in [5.74, 6) is -0.768. The summed E-state index contributed by atoms with van der Waals surface area (Å²) in [6, 6.07) is 16.2. The van der Waals surface area contributed by atoms with Gasteiger partial charge in [-0.05, 0) is 42.2 Å². The van der Waals surface area contributed by atoms with Crippen molar-refractivity contribution < 1.29 is 19.4 Å². The standard InChI is InChI=1S/C29H31N3O4/c1-2-3-19-36-24-12-7-11-23(20-24)27-26(25(33)14-13-22-9-5-4-6-10-22)28(34)29(35)32(27)17-8-16-31-18-15-30-21-31/h4-7,9-15,18,20-21,27,34H,2-3,8,16-17,19H2,1H3. The average molecular weight is 486 g/mol. The van der Waals surface area contributed by atoms with Gasteiger partial charge in [0.25, 0.3) is 5.91 Å². The number of carbonyl (C=O) groups excluding carboxylic acids is 2. The lowest BCUT2D eigenvalue weighted by Crippen LogP contribution is -2.32. The van der Waals surface area contributed by atoms with Crippen molar-refractivity contribution in [2.24, 2.45) is 0 Å². The molecule has 2 heterocycles. The summed E-state index contributed by atoms with van der Waals surface area (Å²) >= 11 is 0. The van der Waals surface area contributed by atoms with Crippen molar-refractivity contribution in [3.8, 4) is 5.75 Å². The third kappa shape index (κ3) is 5.92. The SMILES string of the molecule is CCCCOc1cccc(C2C(C(=O)C=Cc3ccccc3)=C(O)C(=O)N2CCCn2ccnc2)c1. The molecule has 1 N–H and O–H groups in total. The number of nitrogens with zero attached hydrogens (tertiary/aromatic N) is 3. The molecule has 1 amide bonds. The first-order valence-corrected chi connectivity index (χ1v) is 12.3. The molecule has 1 aliphatic rings. The zero-order chi connectivity index (χ0) is 25.3. The van der Waals surface area contributed by atoms with Crippen LogP contribution in [-0.2, 0) is 16.1 Å². The van der Waals surface area contributed by atoms with Crippen molar-refractivity contribution in [3.63, 3.8) is 0 Å². The smallest absolute Gasteiger partial charge is 0.290 e. The molecule has 4 rings (SSSR count). The highest BCUT2D eigenvalue weighted by Crippen LogP contribution is 2.39. The predicted octanol–water partition coefficient (Wildman–Crippen LogP) is 5.13. The second kappa shape index (κ2) is 12.0. The van der Waals surface area contributed by atoms with Gasteiger partial charge in [0.1, 0.15) is 5.75 Å². The van der Waals surface area contributed by atoms with E-state index in [4.69, 9.17) is 4.74 Å². The van der Waals surface area contributed by atoms with E-state index in [2.05, 4.69) is 11.9 Å². The van der Waals surface area contributed by atoms with Crippen molar-refractivity contribution >= 4 is 17.8 Å². The molecule has 3 aromatic rings. The fourth-order valence-electron chi connectivity index (χ4n) is 4.26. The molecule has 0 radical (unpaired) electrons. The molecular weight excluding hydrogens is 454 g/mol. The van der Waals surface area contributed by atoms with E-state index < -0.39 is 23.5 Å². The number of aliphatic hydroxyl groups excluding tert-OH is 1. The summed E-state index contributed by atoms with van der Waals surface area (Å²) in [6.45, 7) is 3.71. The normalized spacial score (nSPS) is 15.8. The van der Waals surface area contributed by atoms with E-state index >= 15 is 0 Å². The van der Waals surface area contributed by atoms with Crippen LogP contribution in [0.15, 0.2) is 90.7 Å². The Balaban J connectivity index is 1.62. The molecule has 0 bridgehead atoms. The molecule has 0 aliphatic carbocycles. The quantitative estimate of drug-likeness (QED) is 0.284. The third-order valence-electron chi connectivity index (χ3n) is 6.11. The van der Waals surface area contributed by atoms with E-state index in [1.807, 2.05) is 65.4 Å². The minimum absolute atomic E-state index is 0.0838. The molecule has 0 saturated carbocycles. The lowest BCUT2D eigenvalue weighted by molar-refractivity contribution is -0.129. The van der Waals surface area contributed by atoms with Gasteiger partial charge in [-0.3, -0.25) is 9.59 Å². The van der Waals surface area contributed by atoms with Gasteiger partial charge in [0, 0.05) is 25.5 Å². The maximum Gasteiger partial charge on any atom is 0.290 e. The number of hydrogen-bond acceptors (Lipinski definition) is 5. The molecule has 1 atom stereocenters. The largest absolute Gasteiger partial charge is 0.503 e. The van der Waals surface area contributed by atoms with Crippen LogP contribution in [0.4, 0.5) is 0 Å². The van der Waals surface area contributed by atoms with Gasteiger partial charge in [0.2, 0.25) is 0 Å². The number of aliphatic hydroxyl groups is 1. The lowest BCUT2D eigenvalue weighted by atomic mass is 9.95. The molecule has 7 heteroatoms. The summed E-state index contributed by atoms with van der Waals surface area (Å²) in [5, 5.41) is 10.8. The molecule has 0 fully saturated rings. The number of ketones is 1. The van der Waals surface area contributed by atoms with Gasteiger partial charge in [-0.15, -0.1) is 0 Å². The monoisotopic (exact) mass is 485 g/mol. The van der Waals surface area contributed by atoms with E-state index in [9.17, 15) is 14.7 Å². The van der Waals surface area contributed by atoms with Crippen LogP contribution in [0, 0.1) is 0 Å². The minimum atomic E-state index is -0.706. The number of carbonyl (C=O) groups is 2. The molecule has 1 aromatic heterocycles. The number of aryl methyl sites for hydroxylation is 1. The number of benzene rings is 2. The number of hydrogen-bond donors (Lipinski definition) is 1. The first kappa shape index (κ1) is 25.0. The van der Waals surface area contributed by atoms with Crippen LogP contribution in [0.2, 0.25) is 0 Å². The van der Waals surface area contributed by atoms with E-state index in [0.29, 0.717) is 31.9 Å². The summed E-state index contributed by atoms with van der Waals surface area (Å²) in [5.41, 5.74) is 1.66. The van der Waals surface area contributed by atoms with Gasteiger partial charge in [0.05, 0.1) is 24.5 Å². The number of unbranched alkanes of at least 4 members (excludes halogenated alkanes) is 1. The van der Waals surface area contributed by atoms with Crippen LogP contribution in [0.3, 0.4) is 0 Å². The van der Waals surface area contributed by atoms with Crippen LogP contribution in [0.25, 0.3) is 6.08 Å². The molecule has 0 spiro atoms. The number of imidazole rings is 1. The van der Waals surface area contributed by atoms with E-state index in [1.165, 1.54) is 6.08 Å². The molecule has 0 saturated heterocycles. The van der Waals surface area contributed by atoms with Crippen LogP contribution in [0.1, 0.15) is 43.4 Å². The highest BCUT2D eigenvalue weighted by Gasteiger charge is 2.42. The second-order valence-electron chi connectivity index (χ2n) is 8.70. The van der Waals surface area contributed by atoms with Gasteiger partial charge in [-0.2, -0.15) is 0 Å². The summed E-state index contributed by atoms with van der Waals surface area (Å²) in [7, 11) is 0. The van der Waals surface area contributed by atoms with Crippen molar-refractivity contribution in [2.75, 3.05) is 13.2 Å². The molecule has 7 nitrogen and oxygen atoms in total. The van der Waals surface area contributed by atoms with Gasteiger partial charge < -0.3 is 19.3 Å². The number of allylic oxidation sites excluding steroid dienone is 1. The highest BCUT2D eigenvalue weighted by atomic mass is 16.5. The molecule has 186 valence electrons. The van der Waals surface area contributed by atoms with Gasteiger partial charge in [-0.25, -0.2) is 4.98 Å². The van der Waals surface area contributed by atoms with Crippen LogP contribution in [-0.4, -0.2) is 44.4 Å². The zero-order valence-electron chi connectivity index (χ0n) is 20.4. The highest BCUT2D eigenvalue weighted by molar-refractivity contribution is 6.14. The maximum absolute atomic E-state index is 13.3. The van der Waals surface area contributed by atoms with Gasteiger partial charge in [-0.1, -0.05) is 61.9 Å². The number of ether oxygens (including phenoxy) is 1. The Hall–Kier alpha value is -4.13. The summed E-state index contributed by atoms with van der Waals surface area (Å²) < 4.78 is 7.81. The predicted molar refractivity (Wildman–Crippen MR) is 138 cm³/mol. The van der Waals surface area contributed by atoms with Crippen LogP contribution in [0.5, 0.6) is 5.75 Å².